The molecule has 1 aliphatic rings. The molecule has 3 amide bonds. The van der Waals surface area contributed by atoms with Gasteiger partial charge in [0.2, 0.25) is 11.8 Å². The molecular weight excluding hydrogens is 528 g/mol. The zero-order valence-corrected chi connectivity index (χ0v) is 19.8. The Bertz CT molecular complexity index is 1190. The van der Waals surface area contributed by atoms with Gasteiger partial charge in [0.25, 0.3) is 5.91 Å². The highest BCUT2D eigenvalue weighted by Crippen LogP contribution is 2.41. The summed E-state index contributed by atoms with van der Waals surface area (Å²) in [6.45, 7) is 0. The number of primary amides is 1. The fourth-order valence-corrected chi connectivity index (χ4v) is 4.52. The summed E-state index contributed by atoms with van der Waals surface area (Å²) in [7, 11) is 0. The van der Waals surface area contributed by atoms with Gasteiger partial charge in [-0.15, -0.1) is 0 Å². The Hall–Kier alpha value is -3.28. The average molecular weight is 550 g/mol. The molecule has 200 valence electrons. The number of hydrogen-bond acceptors (Lipinski definition) is 3. The number of halogens is 7. The molecule has 37 heavy (non-hydrogen) atoms. The number of amides is 3. The van der Waals surface area contributed by atoms with Crippen LogP contribution in [0.3, 0.4) is 0 Å². The third kappa shape index (κ3) is 7.15. The molecule has 1 unspecified atom stereocenters. The van der Waals surface area contributed by atoms with E-state index in [1.54, 1.807) is 30.3 Å². The van der Waals surface area contributed by atoms with Crippen molar-refractivity contribution in [3.05, 3.63) is 53.1 Å². The largest absolute Gasteiger partial charge is 0.389 e. The number of carbonyl (C=O) groups is 3. The Morgan fingerprint density at radius 2 is 1.49 bits per heavy atom. The molecule has 4 N–H and O–H groups in total. The van der Waals surface area contributed by atoms with Crippen LogP contribution in [0.1, 0.15) is 37.3 Å². The van der Waals surface area contributed by atoms with Gasteiger partial charge in [-0.1, -0.05) is 48.0 Å². The number of anilines is 1. The number of para-hydroxylation sites is 1. The van der Waals surface area contributed by atoms with Crippen molar-refractivity contribution >= 4 is 35.0 Å². The summed E-state index contributed by atoms with van der Waals surface area (Å²) < 4.78 is 77.4. The van der Waals surface area contributed by atoms with Crippen molar-refractivity contribution in [2.24, 2.45) is 17.6 Å². The van der Waals surface area contributed by atoms with E-state index in [-0.39, 0.29) is 16.3 Å². The second-order valence-electron chi connectivity index (χ2n) is 8.60. The number of nitrogens with two attached hydrogens (primary N) is 1. The normalized spacial score (nSPS) is 17.1. The van der Waals surface area contributed by atoms with E-state index >= 15 is 0 Å². The Labute approximate surface area is 212 Å². The molecule has 0 aromatic heterocycles. The fourth-order valence-electron chi connectivity index (χ4n) is 4.29. The van der Waals surface area contributed by atoms with Crippen LogP contribution in [-0.4, -0.2) is 30.1 Å². The number of nitrogens with one attached hydrogen (secondary N) is 2. The van der Waals surface area contributed by atoms with Crippen LogP contribution in [0.5, 0.6) is 0 Å². The Morgan fingerprint density at radius 1 is 0.919 bits per heavy atom. The highest BCUT2D eigenvalue weighted by molar-refractivity contribution is 6.34. The zero-order chi connectivity index (χ0) is 27.5. The van der Waals surface area contributed by atoms with Gasteiger partial charge in [-0.25, -0.2) is 0 Å². The van der Waals surface area contributed by atoms with Crippen molar-refractivity contribution in [2.75, 3.05) is 5.32 Å². The third-order valence-corrected chi connectivity index (χ3v) is 6.35. The number of alkyl halides is 6. The van der Waals surface area contributed by atoms with Gasteiger partial charge in [0, 0.05) is 30.2 Å². The maximum Gasteiger partial charge on any atom is 0.389 e. The minimum Gasteiger partial charge on any atom is -0.369 e. The van der Waals surface area contributed by atoms with Gasteiger partial charge in [-0.3, -0.25) is 14.4 Å². The van der Waals surface area contributed by atoms with E-state index in [0.29, 0.717) is 11.1 Å². The molecule has 0 saturated carbocycles. The third-order valence-electron chi connectivity index (χ3n) is 6.04. The summed E-state index contributed by atoms with van der Waals surface area (Å²) in [5, 5.41) is 5.11. The van der Waals surface area contributed by atoms with Gasteiger partial charge in [0.05, 0.1) is 10.7 Å². The molecule has 1 heterocycles. The molecule has 1 aliphatic heterocycles. The quantitative estimate of drug-likeness (QED) is 0.378. The summed E-state index contributed by atoms with van der Waals surface area (Å²) in [4.78, 5) is 38.3. The second-order valence-corrected chi connectivity index (χ2v) is 9.01. The van der Waals surface area contributed by atoms with Crippen molar-refractivity contribution in [3.8, 4) is 11.1 Å². The lowest BCUT2D eigenvalue weighted by molar-refractivity contribution is -0.152. The predicted molar refractivity (Wildman–Crippen MR) is 123 cm³/mol. The van der Waals surface area contributed by atoms with Crippen LogP contribution in [0.2, 0.25) is 5.02 Å². The molecule has 0 spiro atoms. The number of carbonyl (C=O) groups excluding carboxylic acids is 3. The fraction of sp³-hybridized carbons (Fsp3) is 0.375. The smallest absolute Gasteiger partial charge is 0.369 e. The van der Waals surface area contributed by atoms with E-state index in [9.17, 15) is 40.7 Å². The van der Waals surface area contributed by atoms with Crippen molar-refractivity contribution < 1.29 is 40.7 Å². The topological polar surface area (TPSA) is 101 Å². The molecule has 2 aromatic rings. The summed E-state index contributed by atoms with van der Waals surface area (Å²) in [6.07, 6.45) is -14.5. The summed E-state index contributed by atoms with van der Waals surface area (Å²) in [6, 6.07) is 9.74. The van der Waals surface area contributed by atoms with Gasteiger partial charge in [0.1, 0.15) is 6.04 Å². The van der Waals surface area contributed by atoms with Crippen molar-refractivity contribution in [1.29, 1.82) is 0 Å². The van der Waals surface area contributed by atoms with E-state index in [1.165, 1.54) is 12.1 Å². The van der Waals surface area contributed by atoms with Gasteiger partial charge < -0.3 is 16.4 Å². The van der Waals surface area contributed by atoms with Gasteiger partial charge in [0.15, 0.2) is 0 Å². The molecule has 0 saturated heterocycles. The lowest BCUT2D eigenvalue weighted by atomic mass is 9.83. The van der Waals surface area contributed by atoms with E-state index < -0.39 is 73.6 Å². The molecule has 0 aliphatic carbocycles. The van der Waals surface area contributed by atoms with Crippen LogP contribution in [0, 0.1) is 11.8 Å². The summed E-state index contributed by atoms with van der Waals surface area (Å²) in [5.41, 5.74) is 6.74. The first-order valence-corrected chi connectivity index (χ1v) is 11.5. The molecule has 6 nitrogen and oxygen atoms in total. The first-order chi connectivity index (χ1) is 17.2. The van der Waals surface area contributed by atoms with Gasteiger partial charge in [-0.05, 0) is 30.0 Å². The number of benzene rings is 2. The zero-order valence-electron chi connectivity index (χ0n) is 19.0. The predicted octanol–water partition coefficient (Wildman–Crippen LogP) is 5.52. The van der Waals surface area contributed by atoms with E-state index in [1.807, 2.05) is 0 Å². The molecule has 3 atom stereocenters. The molecular formula is C24H22ClF6N3O3. The molecule has 0 radical (unpaired) electrons. The van der Waals surface area contributed by atoms with E-state index in [0.717, 1.165) is 0 Å². The minimum atomic E-state index is -4.75. The molecule has 0 fully saturated rings. The lowest BCUT2D eigenvalue weighted by Gasteiger charge is -2.27. The van der Waals surface area contributed by atoms with E-state index in [4.69, 9.17) is 17.3 Å². The molecule has 13 heteroatoms. The molecule has 3 rings (SSSR count). The Balaban J connectivity index is 1.97. The van der Waals surface area contributed by atoms with Crippen LogP contribution in [0.25, 0.3) is 11.1 Å². The number of rotatable bonds is 8. The van der Waals surface area contributed by atoms with Crippen molar-refractivity contribution in [1.82, 2.24) is 5.32 Å². The Morgan fingerprint density at radius 3 is 2.08 bits per heavy atom. The van der Waals surface area contributed by atoms with Crippen LogP contribution < -0.4 is 16.4 Å². The second kappa shape index (κ2) is 11.0. The minimum absolute atomic E-state index is 0.191. The molecule has 0 bridgehead atoms. The van der Waals surface area contributed by atoms with Crippen LogP contribution in [-0.2, 0) is 14.4 Å². The van der Waals surface area contributed by atoms with Gasteiger partial charge in [-0.2, -0.15) is 26.3 Å². The van der Waals surface area contributed by atoms with Crippen LogP contribution >= 0.6 is 11.6 Å². The monoisotopic (exact) mass is 549 g/mol. The van der Waals surface area contributed by atoms with Crippen molar-refractivity contribution in [3.63, 3.8) is 0 Å². The van der Waals surface area contributed by atoms with E-state index in [2.05, 4.69) is 10.6 Å². The van der Waals surface area contributed by atoms with Gasteiger partial charge >= 0.3 is 12.4 Å². The number of fused-ring (bicyclic) bond motifs is 3. The maximum atomic E-state index is 13.2. The lowest BCUT2D eigenvalue weighted by Crippen LogP contribution is -2.45. The molecule has 2 aromatic carbocycles. The summed E-state index contributed by atoms with van der Waals surface area (Å²) >= 11 is 6.23. The highest BCUT2D eigenvalue weighted by Gasteiger charge is 2.41. The standard InChI is InChI=1S/C24H22ClF6N3O3/c25-17-7-3-6-13-12-4-1-2-5-14(12)19(22(37)33-18(13)17)34-21(36)16(9-11-24(29,30)31)15(20(32)35)8-10-23(26,27)28/h1-7,15-16,19H,8-11H2,(H2,32,35)(H,33,37)(H,34,36)/t15-,16+,19?/m0/s1. The first kappa shape index (κ1) is 28.3. The van der Waals surface area contributed by atoms with Crippen LogP contribution in [0.15, 0.2) is 42.5 Å². The average Bonchev–Trinajstić information content (AvgIpc) is 2.90. The Kier molecular flexibility index (Phi) is 8.41. The highest BCUT2D eigenvalue weighted by atomic mass is 35.5. The maximum absolute atomic E-state index is 13.2. The summed E-state index contributed by atoms with van der Waals surface area (Å²) in [5.74, 6) is -7.05. The SMILES string of the molecule is NC(=O)[C@@H](CCC(F)(F)F)[C@@H](CCC(F)(F)F)C(=O)NC1C(=O)Nc2c(Cl)cccc2-c2ccccc21. The van der Waals surface area contributed by atoms with Crippen LogP contribution in [0.4, 0.5) is 32.0 Å². The van der Waals surface area contributed by atoms with Crippen molar-refractivity contribution in [2.45, 2.75) is 44.1 Å². The number of hydrogen-bond donors (Lipinski definition) is 3. The first-order valence-electron chi connectivity index (χ1n) is 11.1.